The molecule has 1 heterocycles. The molecule has 0 atom stereocenters. The van der Waals surface area contributed by atoms with E-state index in [1.807, 2.05) is 6.92 Å². The van der Waals surface area contributed by atoms with Gasteiger partial charge in [0.15, 0.2) is 0 Å². The van der Waals surface area contributed by atoms with Gasteiger partial charge in [0.1, 0.15) is 5.82 Å². The van der Waals surface area contributed by atoms with Gasteiger partial charge in [-0.2, -0.15) is 4.98 Å². The molecule has 0 radical (unpaired) electrons. The molecule has 0 aliphatic heterocycles. The highest BCUT2D eigenvalue weighted by Crippen LogP contribution is 2.16. The Morgan fingerprint density at radius 1 is 1.00 bits per heavy atom. The normalized spacial score (nSPS) is 10.6. The monoisotopic (exact) mass is 312 g/mol. The van der Waals surface area contributed by atoms with Crippen molar-refractivity contribution in [1.29, 1.82) is 0 Å². The topological polar surface area (TPSA) is 41.1 Å². The van der Waals surface area contributed by atoms with E-state index in [0.717, 1.165) is 44.0 Å². The van der Waals surface area contributed by atoms with E-state index in [4.69, 9.17) is 4.98 Å². The molecule has 0 amide bonds. The summed E-state index contributed by atoms with van der Waals surface area (Å²) in [4.78, 5) is 11.6. The van der Waals surface area contributed by atoms with E-state index in [1.165, 1.54) is 11.1 Å². The molecule has 2 aromatic rings. The summed E-state index contributed by atoms with van der Waals surface area (Å²) in [5, 5.41) is 3.36. The second-order valence-electron chi connectivity index (χ2n) is 6.02. The number of nitrogens with zero attached hydrogens (tertiary/aromatic N) is 3. The molecule has 0 saturated carbocycles. The zero-order chi connectivity index (χ0) is 16.7. The zero-order valence-electron chi connectivity index (χ0n) is 14.8. The van der Waals surface area contributed by atoms with E-state index in [2.05, 4.69) is 66.3 Å². The van der Waals surface area contributed by atoms with Gasteiger partial charge in [-0.1, -0.05) is 43.7 Å². The molecule has 4 heteroatoms. The lowest BCUT2D eigenvalue weighted by molar-refractivity contribution is 0.732. The van der Waals surface area contributed by atoms with Gasteiger partial charge in [0.05, 0.1) is 0 Å². The molecule has 1 aromatic heterocycles. The quantitative estimate of drug-likeness (QED) is 0.787. The fourth-order valence-corrected chi connectivity index (χ4v) is 2.68. The van der Waals surface area contributed by atoms with E-state index < -0.39 is 0 Å². The van der Waals surface area contributed by atoms with Crippen molar-refractivity contribution < 1.29 is 0 Å². The van der Waals surface area contributed by atoms with E-state index in [-0.39, 0.29) is 0 Å². The first kappa shape index (κ1) is 17.3. The second-order valence-corrected chi connectivity index (χ2v) is 6.02. The number of rotatable bonds is 8. The molecule has 4 nitrogen and oxygen atoms in total. The number of anilines is 2. The van der Waals surface area contributed by atoms with E-state index in [9.17, 15) is 0 Å². The Morgan fingerprint density at radius 3 is 2.39 bits per heavy atom. The summed E-state index contributed by atoms with van der Waals surface area (Å²) in [7, 11) is 0. The standard InChI is InChI=1S/C19H28N4/c1-5-10-23(11-6-2)18-13-16(4)21-19(22-18)20-14-17-9-7-8-15(3)12-17/h7-9,12-13H,5-6,10-11,14H2,1-4H3,(H,20,21,22). The molecule has 2 rings (SSSR count). The lowest BCUT2D eigenvalue weighted by atomic mass is 10.1. The first-order valence-corrected chi connectivity index (χ1v) is 8.52. The number of hydrogen-bond donors (Lipinski definition) is 1. The maximum absolute atomic E-state index is 4.71. The Bertz CT molecular complexity index is 619. The molecule has 1 N–H and O–H groups in total. The van der Waals surface area contributed by atoms with Gasteiger partial charge in [0.2, 0.25) is 5.95 Å². The number of hydrogen-bond acceptors (Lipinski definition) is 4. The fraction of sp³-hybridized carbons (Fsp3) is 0.474. The minimum atomic E-state index is 0.707. The summed E-state index contributed by atoms with van der Waals surface area (Å²) >= 11 is 0. The van der Waals surface area contributed by atoms with Gasteiger partial charge in [-0.05, 0) is 32.3 Å². The minimum Gasteiger partial charge on any atom is -0.356 e. The number of benzene rings is 1. The average molecular weight is 312 g/mol. The van der Waals surface area contributed by atoms with Crippen molar-refractivity contribution >= 4 is 11.8 Å². The molecular formula is C19H28N4. The molecule has 0 aliphatic carbocycles. The van der Waals surface area contributed by atoms with Crippen LogP contribution < -0.4 is 10.2 Å². The molecule has 1 aromatic carbocycles. The highest BCUT2D eigenvalue weighted by molar-refractivity contribution is 5.45. The maximum Gasteiger partial charge on any atom is 0.225 e. The third-order valence-corrected chi connectivity index (χ3v) is 3.68. The highest BCUT2D eigenvalue weighted by atomic mass is 15.2. The Balaban J connectivity index is 2.12. The minimum absolute atomic E-state index is 0.707. The van der Waals surface area contributed by atoms with E-state index in [1.54, 1.807) is 0 Å². The van der Waals surface area contributed by atoms with Crippen molar-refractivity contribution in [2.24, 2.45) is 0 Å². The van der Waals surface area contributed by atoms with Gasteiger partial charge in [-0.25, -0.2) is 4.98 Å². The van der Waals surface area contributed by atoms with Gasteiger partial charge >= 0.3 is 0 Å². The van der Waals surface area contributed by atoms with Crippen LogP contribution in [-0.2, 0) is 6.54 Å². The number of aryl methyl sites for hydroxylation is 2. The number of nitrogens with one attached hydrogen (secondary N) is 1. The Hall–Kier alpha value is -2.10. The van der Waals surface area contributed by atoms with Crippen LogP contribution in [0.3, 0.4) is 0 Å². The van der Waals surface area contributed by atoms with Crippen molar-refractivity contribution in [3.63, 3.8) is 0 Å². The van der Waals surface area contributed by atoms with Gasteiger partial charge in [-0.3, -0.25) is 0 Å². The van der Waals surface area contributed by atoms with Gasteiger partial charge < -0.3 is 10.2 Å². The summed E-state index contributed by atoms with van der Waals surface area (Å²) in [5.41, 5.74) is 3.52. The Kier molecular flexibility index (Phi) is 6.39. The molecule has 0 aliphatic rings. The summed E-state index contributed by atoms with van der Waals surface area (Å²) in [6.07, 6.45) is 2.24. The lowest BCUT2D eigenvalue weighted by Crippen LogP contribution is -2.26. The fourth-order valence-electron chi connectivity index (χ4n) is 2.68. The molecule has 0 bridgehead atoms. The second kappa shape index (κ2) is 8.51. The van der Waals surface area contributed by atoms with Crippen LogP contribution in [0.5, 0.6) is 0 Å². The maximum atomic E-state index is 4.71. The molecular weight excluding hydrogens is 284 g/mol. The zero-order valence-corrected chi connectivity index (χ0v) is 14.8. The van der Waals surface area contributed by atoms with Crippen LogP contribution in [0.2, 0.25) is 0 Å². The van der Waals surface area contributed by atoms with E-state index >= 15 is 0 Å². The van der Waals surface area contributed by atoms with Crippen LogP contribution in [0.1, 0.15) is 43.5 Å². The molecule has 0 unspecified atom stereocenters. The van der Waals surface area contributed by atoms with Crippen molar-refractivity contribution in [1.82, 2.24) is 9.97 Å². The Morgan fingerprint density at radius 2 is 1.74 bits per heavy atom. The SMILES string of the molecule is CCCN(CCC)c1cc(C)nc(NCc2cccc(C)c2)n1. The van der Waals surface area contributed by atoms with Crippen LogP contribution in [0.4, 0.5) is 11.8 Å². The van der Waals surface area contributed by atoms with Crippen LogP contribution in [0.25, 0.3) is 0 Å². The summed E-state index contributed by atoms with van der Waals surface area (Å²) in [5.74, 6) is 1.73. The molecule has 23 heavy (non-hydrogen) atoms. The predicted molar refractivity (Wildman–Crippen MR) is 98.1 cm³/mol. The smallest absolute Gasteiger partial charge is 0.225 e. The van der Waals surface area contributed by atoms with Crippen molar-refractivity contribution in [2.45, 2.75) is 47.1 Å². The molecule has 124 valence electrons. The van der Waals surface area contributed by atoms with Crippen LogP contribution in [0, 0.1) is 13.8 Å². The summed E-state index contributed by atoms with van der Waals surface area (Å²) in [6.45, 7) is 11.3. The molecule has 0 fully saturated rings. The first-order chi connectivity index (χ1) is 11.1. The summed E-state index contributed by atoms with van der Waals surface area (Å²) in [6, 6.07) is 10.6. The van der Waals surface area contributed by atoms with Crippen LogP contribution in [-0.4, -0.2) is 23.1 Å². The van der Waals surface area contributed by atoms with Crippen molar-refractivity contribution in [3.8, 4) is 0 Å². The van der Waals surface area contributed by atoms with Crippen molar-refractivity contribution in [2.75, 3.05) is 23.3 Å². The molecule has 0 saturated heterocycles. The largest absolute Gasteiger partial charge is 0.356 e. The van der Waals surface area contributed by atoms with Gasteiger partial charge in [-0.15, -0.1) is 0 Å². The van der Waals surface area contributed by atoms with Gasteiger partial charge in [0, 0.05) is 31.4 Å². The van der Waals surface area contributed by atoms with Crippen molar-refractivity contribution in [3.05, 3.63) is 47.2 Å². The van der Waals surface area contributed by atoms with E-state index in [0.29, 0.717) is 5.95 Å². The lowest BCUT2D eigenvalue weighted by Gasteiger charge is -2.23. The number of aromatic nitrogens is 2. The summed E-state index contributed by atoms with van der Waals surface area (Å²) < 4.78 is 0. The highest BCUT2D eigenvalue weighted by Gasteiger charge is 2.09. The van der Waals surface area contributed by atoms with Crippen LogP contribution >= 0.6 is 0 Å². The third-order valence-electron chi connectivity index (χ3n) is 3.68. The Labute approximate surface area is 140 Å². The average Bonchev–Trinajstić information content (AvgIpc) is 2.52. The predicted octanol–water partition coefficient (Wildman–Crippen LogP) is 4.33. The first-order valence-electron chi connectivity index (χ1n) is 8.52. The van der Waals surface area contributed by atoms with Crippen LogP contribution in [0.15, 0.2) is 30.3 Å². The van der Waals surface area contributed by atoms with Gasteiger partial charge in [0.25, 0.3) is 0 Å². The molecule has 0 spiro atoms. The third kappa shape index (κ3) is 5.23.